The van der Waals surface area contributed by atoms with Gasteiger partial charge < -0.3 is 10.6 Å². The Balaban J connectivity index is 1.57. The summed E-state index contributed by atoms with van der Waals surface area (Å²) in [6.45, 7) is 0. The van der Waals surface area contributed by atoms with Gasteiger partial charge in [-0.15, -0.1) is 11.3 Å². The molecule has 1 aliphatic heterocycles. The number of allylic oxidation sites excluding steroid dienone is 3. The van der Waals surface area contributed by atoms with Crippen molar-refractivity contribution in [3.05, 3.63) is 73.6 Å². The molecule has 0 saturated carbocycles. The van der Waals surface area contributed by atoms with E-state index in [1.54, 1.807) is 24.3 Å². The van der Waals surface area contributed by atoms with Gasteiger partial charge in [0, 0.05) is 33.3 Å². The monoisotopic (exact) mass is 455 g/mol. The summed E-state index contributed by atoms with van der Waals surface area (Å²) in [5, 5.41) is 19.2. The van der Waals surface area contributed by atoms with Gasteiger partial charge in [0.05, 0.1) is 28.3 Å². The predicted octanol–water partition coefficient (Wildman–Crippen LogP) is 5.20. The highest BCUT2D eigenvalue weighted by Gasteiger charge is 2.37. The fraction of sp³-hybridized carbons (Fsp3) is 0.227. The van der Waals surface area contributed by atoms with Crippen LogP contribution in [-0.2, 0) is 9.59 Å². The number of thioether (sulfide) groups is 1. The summed E-state index contributed by atoms with van der Waals surface area (Å²) in [7, 11) is 0. The summed E-state index contributed by atoms with van der Waals surface area (Å²) >= 11 is 8.78. The summed E-state index contributed by atoms with van der Waals surface area (Å²) < 4.78 is 0. The van der Waals surface area contributed by atoms with Gasteiger partial charge in [-0.05, 0) is 42.5 Å². The average molecular weight is 456 g/mol. The number of Topliss-reactive ketones (excluding diaryl/α,β-unsaturated/α-hetero) is 1. The fourth-order valence-electron chi connectivity index (χ4n) is 3.68. The van der Waals surface area contributed by atoms with Crippen LogP contribution in [-0.4, -0.2) is 17.4 Å². The Morgan fingerprint density at radius 1 is 1.33 bits per heavy atom. The summed E-state index contributed by atoms with van der Waals surface area (Å²) in [6.07, 6.45) is 2.06. The van der Waals surface area contributed by atoms with Crippen molar-refractivity contribution in [2.24, 2.45) is 0 Å². The Kier molecular flexibility index (Phi) is 6.28. The molecule has 0 unspecified atom stereocenters. The molecule has 1 amide bonds. The SMILES string of the molecule is N#CC1=C(SCC(=O)Nc2cccc(Cl)c2)NC2=C(C(=O)CCC2)[C@H]1c1cccs1. The molecule has 1 aromatic carbocycles. The van der Waals surface area contributed by atoms with Gasteiger partial charge in [-0.1, -0.05) is 35.5 Å². The lowest BCUT2D eigenvalue weighted by atomic mass is 9.79. The van der Waals surface area contributed by atoms with Crippen molar-refractivity contribution in [1.82, 2.24) is 5.32 Å². The third kappa shape index (κ3) is 4.31. The Hall–Kier alpha value is -2.53. The topological polar surface area (TPSA) is 82.0 Å². The van der Waals surface area contributed by atoms with E-state index in [1.165, 1.54) is 23.1 Å². The van der Waals surface area contributed by atoms with Crippen molar-refractivity contribution in [2.75, 3.05) is 11.1 Å². The standard InChI is InChI=1S/C22H18ClN3O2S2/c23-13-4-1-5-14(10-13)25-19(28)12-30-22-15(11-24)20(18-8-3-9-29-18)21-16(26-22)6-2-7-17(21)27/h1,3-5,8-10,20,26H,2,6-7,12H2,(H,25,28)/t20-/m1/s1. The highest BCUT2D eigenvalue weighted by atomic mass is 35.5. The second-order valence-electron chi connectivity index (χ2n) is 6.94. The van der Waals surface area contributed by atoms with Gasteiger partial charge in [0.1, 0.15) is 0 Å². The summed E-state index contributed by atoms with van der Waals surface area (Å²) in [5.41, 5.74) is 2.69. The third-order valence-corrected chi connectivity index (χ3v) is 7.14. The second-order valence-corrected chi connectivity index (χ2v) is 9.35. The average Bonchev–Trinajstić information content (AvgIpc) is 3.26. The van der Waals surface area contributed by atoms with Crippen molar-refractivity contribution in [1.29, 1.82) is 5.26 Å². The number of nitriles is 1. The number of rotatable bonds is 5. The van der Waals surface area contributed by atoms with Crippen LogP contribution in [0.5, 0.6) is 0 Å². The van der Waals surface area contributed by atoms with Crippen LogP contribution in [0, 0.1) is 11.3 Å². The zero-order valence-electron chi connectivity index (χ0n) is 15.9. The highest BCUT2D eigenvalue weighted by molar-refractivity contribution is 8.03. The molecule has 8 heteroatoms. The first-order valence-corrected chi connectivity index (χ1v) is 11.7. The smallest absolute Gasteiger partial charge is 0.234 e. The van der Waals surface area contributed by atoms with Crippen LogP contribution >= 0.6 is 34.7 Å². The van der Waals surface area contributed by atoms with E-state index in [9.17, 15) is 14.9 Å². The molecule has 1 atom stereocenters. The molecule has 1 aromatic heterocycles. The highest BCUT2D eigenvalue weighted by Crippen LogP contribution is 2.45. The van der Waals surface area contributed by atoms with E-state index in [0.717, 1.165) is 23.4 Å². The molecule has 0 saturated heterocycles. The molecule has 0 fully saturated rings. The zero-order chi connectivity index (χ0) is 21.1. The number of halogens is 1. The number of ketones is 1. The van der Waals surface area contributed by atoms with Crippen LogP contribution in [0.25, 0.3) is 0 Å². The van der Waals surface area contributed by atoms with E-state index in [0.29, 0.717) is 33.3 Å². The number of nitrogens with one attached hydrogen (secondary N) is 2. The summed E-state index contributed by atoms with van der Waals surface area (Å²) in [4.78, 5) is 26.1. The van der Waals surface area contributed by atoms with E-state index in [1.807, 2.05) is 17.5 Å². The Bertz CT molecular complexity index is 1100. The van der Waals surface area contributed by atoms with Crippen molar-refractivity contribution in [3.8, 4) is 6.07 Å². The maximum absolute atomic E-state index is 12.7. The van der Waals surface area contributed by atoms with Gasteiger partial charge in [-0.3, -0.25) is 9.59 Å². The molecule has 2 aromatic rings. The van der Waals surface area contributed by atoms with E-state index < -0.39 is 0 Å². The molecule has 1 aliphatic carbocycles. The van der Waals surface area contributed by atoms with Crippen LogP contribution in [0.3, 0.4) is 0 Å². The van der Waals surface area contributed by atoms with Crippen molar-refractivity contribution in [3.63, 3.8) is 0 Å². The zero-order valence-corrected chi connectivity index (χ0v) is 18.3. The number of dihydropyridines is 1. The quantitative estimate of drug-likeness (QED) is 0.647. The van der Waals surface area contributed by atoms with Gasteiger partial charge in [0.25, 0.3) is 0 Å². The van der Waals surface area contributed by atoms with Gasteiger partial charge in [-0.25, -0.2) is 0 Å². The third-order valence-electron chi connectivity index (χ3n) is 4.95. The minimum atomic E-state index is -0.363. The number of thiophene rings is 1. The number of nitrogens with zero attached hydrogens (tertiary/aromatic N) is 1. The van der Waals surface area contributed by atoms with Gasteiger partial charge >= 0.3 is 0 Å². The summed E-state index contributed by atoms with van der Waals surface area (Å²) in [5.74, 6) is -0.329. The van der Waals surface area contributed by atoms with Gasteiger partial charge in [0.15, 0.2) is 5.78 Å². The number of hydrogen-bond acceptors (Lipinski definition) is 6. The molecule has 2 N–H and O–H groups in total. The molecule has 0 radical (unpaired) electrons. The normalized spacial score (nSPS) is 18.5. The van der Waals surface area contributed by atoms with Crippen LogP contribution < -0.4 is 10.6 Å². The molecule has 152 valence electrons. The van der Waals surface area contributed by atoms with E-state index in [4.69, 9.17) is 11.6 Å². The molecule has 30 heavy (non-hydrogen) atoms. The minimum Gasteiger partial charge on any atom is -0.352 e. The number of amides is 1. The van der Waals surface area contributed by atoms with E-state index >= 15 is 0 Å². The summed E-state index contributed by atoms with van der Waals surface area (Å²) in [6, 6.07) is 13.1. The molecule has 0 spiro atoms. The maximum atomic E-state index is 12.7. The minimum absolute atomic E-state index is 0.0950. The number of hydrogen-bond donors (Lipinski definition) is 2. The first-order chi connectivity index (χ1) is 14.6. The van der Waals surface area contributed by atoms with Gasteiger partial charge in [0.2, 0.25) is 5.91 Å². The first-order valence-electron chi connectivity index (χ1n) is 9.46. The molecule has 2 aliphatic rings. The molecule has 4 rings (SSSR count). The predicted molar refractivity (Wildman–Crippen MR) is 121 cm³/mol. The van der Waals surface area contributed by atoms with Crippen LogP contribution in [0.2, 0.25) is 5.02 Å². The molecular formula is C22H18ClN3O2S2. The largest absolute Gasteiger partial charge is 0.352 e. The number of carbonyl (C=O) groups excluding carboxylic acids is 2. The number of anilines is 1. The number of carbonyl (C=O) groups is 2. The fourth-order valence-corrected chi connectivity index (χ4v) is 5.57. The Morgan fingerprint density at radius 2 is 2.20 bits per heavy atom. The van der Waals surface area contributed by atoms with Crippen molar-refractivity contribution in [2.45, 2.75) is 25.2 Å². The lowest BCUT2D eigenvalue weighted by Gasteiger charge is -2.32. The van der Waals surface area contributed by atoms with E-state index in [-0.39, 0.29) is 23.4 Å². The van der Waals surface area contributed by atoms with Crippen LogP contribution in [0.1, 0.15) is 30.1 Å². The van der Waals surface area contributed by atoms with Crippen LogP contribution in [0.15, 0.2) is 63.7 Å². The molecular weight excluding hydrogens is 438 g/mol. The first kappa shape index (κ1) is 20.7. The van der Waals surface area contributed by atoms with Gasteiger partial charge in [-0.2, -0.15) is 5.26 Å². The Morgan fingerprint density at radius 3 is 2.93 bits per heavy atom. The van der Waals surface area contributed by atoms with Crippen molar-refractivity contribution >= 4 is 52.1 Å². The maximum Gasteiger partial charge on any atom is 0.234 e. The second kappa shape index (κ2) is 9.09. The molecule has 0 bridgehead atoms. The van der Waals surface area contributed by atoms with Crippen molar-refractivity contribution < 1.29 is 9.59 Å². The van der Waals surface area contributed by atoms with E-state index in [2.05, 4.69) is 16.7 Å². The molecule has 2 heterocycles. The number of benzene rings is 1. The van der Waals surface area contributed by atoms with Crippen LogP contribution in [0.4, 0.5) is 5.69 Å². The lowest BCUT2D eigenvalue weighted by Crippen LogP contribution is -2.31. The lowest BCUT2D eigenvalue weighted by molar-refractivity contribution is -0.116. The molecule has 5 nitrogen and oxygen atoms in total. The Labute approximate surface area is 187 Å².